The molecule has 144 valence electrons. The van der Waals surface area contributed by atoms with Crippen molar-refractivity contribution in [3.8, 4) is 5.75 Å². The Morgan fingerprint density at radius 3 is 2.31 bits per heavy atom. The number of aromatic carboxylic acids is 1. The Labute approximate surface area is 143 Å². The summed E-state index contributed by atoms with van der Waals surface area (Å²) in [5, 5.41) is 8.54. The first-order valence-electron chi connectivity index (χ1n) is 6.56. The first-order chi connectivity index (χ1) is 10.8. The highest BCUT2D eigenvalue weighted by molar-refractivity contribution is 5.94. The molecule has 0 unspecified atom stereocenters. The molecule has 0 atom stereocenters. The minimum Gasteiger partial charge on any atom is -0.477 e. The summed E-state index contributed by atoms with van der Waals surface area (Å²) in [6, 6.07) is 0.206. The number of aromatic nitrogens is 1. The molecular weight excluding hydrogens is 371 g/mol. The van der Waals surface area contributed by atoms with Crippen LogP contribution in [0.3, 0.4) is 0 Å². The summed E-state index contributed by atoms with van der Waals surface area (Å²) in [6.07, 6.45) is 2.12. The molecule has 0 saturated heterocycles. The van der Waals surface area contributed by atoms with Crippen LogP contribution in [-0.4, -0.2) is 30.7 Å². The molecule has 5 nitrogen and oxygen atoms in total. The van der Waals surface area contributed by atoms with E-state index in [1.54, 1.807) is 0 Å². The van der Waals surface area contributed by atoms with Gasteiger partial charge in [0.05, 0.1) is 19.3 Å². The van der Waals surface area contributed by atoms with Crippen molar-refractivity contribution in [2.45, 2.75) is 25.5 Å². The van der Waals surface area contributed by atoms with Crippen molar-refractivity contribution in [1.29, 1.82) is 0 Å². The van der Waals surface area contributed by atoms with Crippen LogP contribution < -0.4 is 10.2 Å². The zero-order valence-electron chi connectivity index (χ0n) is 12.2. The van der Waals surface area contributed by atoms with Gasteiger partial charge in [-0.1, -0.05) is 0 Å². The van der Waals surface area contributed by atoms with E-state index in [2.05, 4.69) is 4.74 Å². The fourth-order valence-electron chi connectivity index (χ4n) is 2.42. The van der Waals surface area contributed by atoms with E-state index < -0.39 is 46.3 Å². The third-order valence-corrected chi connectivity index (χ3v) is 3.54. The Hall–Kier alpha value is -2.66. The maximum Gasteiger partial charge on any atom is 0.387 e. The highest BCUT2D eigenvalue weighted by atomic mass is 19.3. The van der Waals surface area contributed by atoms with Gasteiger partial charge in [0.1, 0.15) is 5.56 Å². The molecule has 2 aromatic rings. The number of nitrogens with zero attached hydrogens (tertiary/aromatic N) is 1. The Kier molecular flexibility index (Phi) is 7.32. The van der Waals surface area contributed by atoms with Crippen molar-refractivity contribution in [2.75, 3.05) is 0 Å². The average molecular weight is 385 g/mol. The summed E-state index contributed by atoms with van der Waals surface area (Å²) in [6.45, 7) is -3.43. The standard InChI is InChI=1S/C14H9F4NO4.BH3.2FH/c15-8-3-6-10(12(9(8)16)23-14(17)18)19(5-1-2-5)4-7(11(6)20)13(21)22;;;/h3-5,14H,1-2H2,(H,21,22);1H3;2*1H. The fraction of sp³-hybridized carbons (Fsp3) is 0.286. The summed E-state index contributed by atoms with van der Waals surface area (Å²) in [5.41, 5.74) is -2.12. The summed E-state index contributed by atoms with van der Waals surface area (Å²) < 4.78 is 57.8. The smallest absolute Gasteiger partial charge is 0.387 e. The zero-order valence-corrected chi connectivity index (χ0v) is 12.2. The molecule has 12 heteroatoms. The number of ether oxygens (including phenoxy) is 1. The quantitative estimate of drug-likeness (QED) is 0.646. The highest BCUT2D eigenvalue weighted by Gasteiger charge is 2.31. The van der Waals surface area contributed by atoms with E-state index in [-0.39, 0.29) is 29.4 Å². The van der Waals surface area contributed by atoms with Gasteiger partial charge in [-0.05, 0) is 18.9 Å². The number of rotatable bonds is 4. The van der Waals surface area contributed by atoms with Crippen molar-refractivity contribution in [3.63, 3.8) is 0 Å². The summed E-state index contributed by atoms with van der Waals surface area (Å²) in [7, 11) is 0. The lowest BCUT2D eigenvalue weighted by Crippen LogP contribution is -2.20. The minimum atomic E-state index is -3.43. The predicted molar refractivity (Wildman–Crippen MR) is 84.9 cm³/mol. The number of alkyl halides is 2. The molecule has 1 aliphatic rings. The fourth-order valence-corrected chi connectivity index (χ4v) is 2.42. The molecule has 0 radical (unpaired) electrons. The molecule has 26 heavy (non-hydrogen) atoms. The number of hydrogen-bond acceptors (Lipinski definition) is 3. The van der Waals surface area contributed by atoms with Gasteiger partial charge in [0, 0.05) is 12.2 Å². The number of fused-ring (bicyclic) bond motifs is 1. The molecule has 3 rings (SSSR count). The first kappa shape index (κ1) is 23.3. The van der Waals surface area contributed by atoms with Crippen molar-refractivity contribution < 1.29 is 41.6 Å². The zero-order chi connectivity index (χ0) is 16.9. The van der Waals surface area contributed by atoms with Crippen LogP contribution in [0.4, 0.5) is 27.0 Å². The Bertz CT molecular complexity index is 884. The maximum absolute atomic E-state index is 13.9. The van der Waals surface area contributed by atoms with Crippen molar-refractivity contribution in [1.82, 2.24) is 4.57 Å². The number of hydrogen-bond donors (Lipinski definition) is 1. The maximum atomic E-state index is 13.9. The molecule has 1 aromatic carbocycles. The van der Waals surface area contributed by atoms with Crippen LogP contribution in [0.5, 0.6) is 5.75 Å². The summed E-state index contributed by atoms with van der Waals surface area (Å²) in [5.74, 6) is -5.88. The molecule has 1 aromatic heterocycles. The third-order valence-electron chi connectivity index (χ3n) is 3.54. The lowest BCUT2D eigenvalue weighted by molar-refractivity contribution is -0.0516. The van der Waals surface area contributed by atoms with E-state index in [1.165, 1.54) is 4.57 Å². The number of halogens is 6. The van der Waals surface area contributed by atoms with E-state index >= 15 is 0 Å². The molecule has 1 saturated carbocycles. The van der Waals surface area contributed by atoms with E-state index in [0.29, 0.717) is 18.9 Å². The number of benzene rings is 1. The number of carbonyl (C=O) groups is 1. The third kappa shape index (κ3) is 3.78. The SMILES string of the molecule is B.F.F.O=C(O)c1cn(C2CC2)c2c(OC(F)F)c(F)c(F)cc2c1=O. The molecule has 0 amide bonds. The van der Waals surface area contributed by atoms with Crippen LogP contribution in [-0.2, 0) is 0 Å². The van der Waals surface area contributed by atoms with Gasteiger partial charge < -0.3 is 14.4 Å². The van der Waals surface area contributed by atoms with Crippen LogP contribution in [0.25, 0.3) is 10.9 Å². The predicted octanol–water partition coefficient (Wildman–Crippen LogP) is 2.04. The van der Waals surface area contributed by atoms with E-state index in [1.807, 2.05) is 0 Å². The number of carboxylic acids is 1. The van der Waals surface area contributed by atoms with Gasteiger partial charge >= 0.3 is 12.6 Å². The van der Waals surface area contributed by atoms with Crippen LogP contribution in [0.15, 0.2) is 17.1 Å². The monoisotopic (exact) mass is 385 g/mol. The van der Waals surface area contributed by atoms with Gasteiger partial charge in [0.2, 0.25) is 11.2 Å². The van der Waals surface area contributed by atoms with Crippen LogP contribution >= 0.6 is 0 Å². The molecule has 0 bridgehead atoms. The van der Waals surface area contributed by atoms with Crippen molar-refractivity contribution >= 4 is 25.3 Å². The topological polar surface area (TPSA) is 68.5 Å². The molecule has 0 aliphatic heterocycles. The average Bonchev–Trinajstić information content (AvgIpc) is 3.28. The second-order valence-electron chi connectivity index (χ2n) is 5.09. The van der Waals surface area contributed by atoms with Gasteiger partial charge in [0.15, 0.2) is 11.6 Å². The van der Waals surface area contributed by atoms with Gasteiger partial charge in [-0.3, -0.25) is 14.2 Å². The molecule has 1 fully saturated rings. The second kappa shape index (κ2) is 8.15. The largest absolute Gasteiger partial charge is 0.477 e. The Morgan fingerprint density at radius 1 is 1.27 bits per heavy atom. The van der Waals surface area contributed by atoms with E-state index in [9.17, 15) is 27.2 Å². The van der Waals surface area contributed by atoms with Crippen molar-refractivity contribution in [2.24, 2.45) is 0 Å². The highest BCUT2D eigenvalue weighted by Crippen LogP contribution is 2.40. The van der Waals surface area contributed by atoms with E-state index in [0.717, 1.165) is 6.20 Å². The Balaban J connectivity index is 0.00000208. The van der Waals surface area contributed by atoms with E-state index in [4.69, 9.17) is 5.11 Å². The van der Waals surface area contributed by atoms with Crippen molar-refractivity contribution in [3.05, 3.63) is 39.7 Å². The second-order valence-corrected chi connectivity index (χ2v) is 5.09. The van der Waals surface area contributed by atoms with Crippen LogP contribution in [0.1, 0.15) is 29.2 Å². The van der Waals surface area contributed by atoms with Gasteiger partial charge in [-0.2, -0.15) is 13.2 Å². The molecule has 1 heterocycles. The summed E-state index contributed by atoms with van der Waals surface area (Å²) >= 11 is 0. The van der Waals surface area contributed by atoms with Gasteiger partial charge in [0.25, 0.3) is 0 Å². The molecule has 0 spiro atoms. The lowest BCUT2D eigenvalue weighted by Gasteiger charge is -2.16. The number of pyridine rings is 1. The molecule has 1 N–H and O–H groups in total. The molecular formula is C14H14BF6NO4. The normalized spacial score (nSPS) is 12.8. The Morgan fingerprint density at radius 2 is 1.85 bits per heavy atom. The van der Waals surface area contributed by atoms with Gasteiger partial charge in [-0.15, -0.1) is 0 Å². The lowest BCUT2D eigenvalue weighted by atomic mass is 10.1. The van der Waals surface area contributed by atoms with Gasteiger partial charge in [-0.25, -0.2) is 9.18 Å². The van der Waals surface area contributed by atoms with Crippen LogP contribution in [0, 0.1) is 11.6 Å². The van der Waals surface area contributed by atoms with Crippen LogP contribution in [0.2, 0.25) is 0 Å². The number of carboxylic acid groups (broad SMARTS) is 1. The minimum absolute atomic E-state index is 0. The first-order valence-corrected chi connectivity index (χ1v) is 6.56. The molecule has 1 aliphatic carbocycles. The summed E-state index contributed by atoms with van der Waals surface area (Å²) in [4.78, 5) is 23.3.